The summed E-state index contributed by atoms with van der Waals surface area (Å²) in [5.74, 6) is -0.642. The molecule has 2 amide bonds. The lowest BCUT2D eigenvalue weighted by Crippen LogP contribution is -2.50. The van der Waals surface area contributed by atoms with E-state index in [0.29, 0.717) is 17.1 Å². The van der Waals surface area contributed by atoms with Crippen molar-refractivity contribution in [3.63, 3.8) is 0 Å². The summed E-state index contributed by atoms with van der Waals surface area (Å²) in [5, 5.41) is 13.8. The van der Waals surface area contributed by atoms with Gasteiger partial charge in [-0.05, 0) is 41.8 Å². The summed E-state index contributed by atoms with van der Waals surface area (Å²) in [4.78, 5) is 30.2. The Balaban J connectivity index is 1.61. The average Bonchev–Trinajstić information content (AvgIpc) is 3.32. The molecule has 0 unspecified atom stereocenters. The monoisotopic (exact) mass is 426 g/mol. The largest absolute Gasteiger partial charge is 0.394 e. The van der Waals surface area contributed by atoms with Crippen LogP contribution in [0, 0.1) is 0 Å². The summed E-state index contributed by atoms with van der Waals surface area (Å²) in [5.41, 5.74) is 9.02. The number of aliphatic hydroxyl groups excluding tert-OH is 1. The van der Waals surface area contributed by atoms with Gasteiger partial charge in [0.25, 0.3) is 5.91 Å². The Labute approximate surface area is 178 Å². The van der Waals surface area contributed by atoms with E-state index in [1.807, 2.05) is 30.3 Å². The fourth-order valence-electron chi connectivity index (χ4n) is 4.13. The molecule has 2 aromatic carbocycles. The molecule has 1 aromatic heterocycles. The Hall–Kier alpha value is -2.87. The first-order chi connectivity index (χ1) is 14.4. The number of likely N-dealkylation sites (N-methyl/N-ethyl adjacent to an activating group) is 1. The van der Waals surface area contributed by atoms with E-state index in [0.717, 1.165) is 22.0 Å². The fraction of sp³-hybridized carbons (Fsp3) is 0.273. The van der Waals surface area contributed by atoms with Gasteiger partial charge in [-0.1, -0.05) is 35.9 Å². The number of hydrogen-bond donors (Lipinski definition) is 4. The number of aromatic nitrogens is 1. The van der Waals surface area contributed by atoms with Gasteiger partial charge in [-0.25, -0.2) is 0 Å². The van der Waals surface area contributed by atoms with Gasteiger partial charge in [0.05, 0.1) is 18.7 Å². The van der Waals surface area contributed by atoms with Crippen molar-refractivity contribution in [2.45, 2.75) is 24.5 Å². The molecule has 0 radical (unpaired) electrons. The molecule has 3 atom stereocenters. The van der Waals surface area contributed by atoms with Crippen LogP contribution in [0.15, 0.2) is 48.5 Å². The molecule has 156 valence electrons. The highest BCUT2D eigenvalue weighted by atomic mass is 35.5. The van der Waals surface area contributed by atoms with Gasteiger partial charge in [-0.15, -0.1) is 0 Å². The van der Waals surface area contributed by atoms with Crippen LogP contribution in [0.4, 0.5) is 0 Å². The first-order valence-electron chi connectivity index (χ1n) is 9.69. The molecule has 1 aliphatic rings. The minimum absolute atomic E-state index is 0.266. The van der Waals surface area contributed by atoms with Gasteiger partial charge in [0.15, 0.2) is 0 Å². The molecule has 8 heteroatoms. The lowest BCUT2D eigenvalue weighted by molar-refractivity contribution is -0.134. The van der Waals surface area contributed by atoms with Crippen molar-refractivity contribution in [1.82, 2.24) is 15.2 Å². The van der Waals surface area contributed by atoms with E-state index in [1.165, 1.54) is 4.90 Å². The van der Waals surface area contributed by atoms with E-state index in [9.17, 15) is 14.7 Å². The number of carbonyl (C=O) groups is 2. The van der Waals surface area contributed by atoms with Crippen LogP contribution in [0.3, 0.4) is 0 Å². The molecular weight excluding hydrogens is 404 g/mol. The number of amides is 2. The van der Waals surface area contributed by atoms with E-state index in [1.54, 1.807) is 25.2 Å². The predicted molar refractivity (Wildman–Crippen MR) is 115 cm³/mol. The fourth-order valence-corrected chi connectivity index (χ4v) is 4.31. The first-order valence-corrected chi connectivity index (χ1v) is 10.1. The lowest BCUT2D eigenvalue weighted by atomic mass is 10.0. The molecule has 5 N–H and O–H groups in total. The smallest absolute Gasteiger partial charge is 0.268 e. The minimum atomic E-state index is -1.00. The van der Waals surface area contributed by atoms with Gasteiger partial charge in [0.2, 0.25) is 5.91 Å². The quantitative estimate of drug-likeness (QED) is 0.500. The SMILES string of the molecule is CN(C(=O)[C@@H](N)CO)[C@H]1c2ccccc2C[C@H]1NC(=O)c1cc2cc(Cl)ccc2[nH]1. The van der Waals surface area contributed by atoms with E-state index >= 15 is 0 Å². The predicted octanol–water partition coefficient (Wildman–Crippen LogP) is 2.00. The Morgan fingerprint density at radius 1 is 1.30 bits per heavy atom. The topological polar surface area (TPSA) is 111 Å². The van der Waals surface area contributed by atoms with Crippen molar-refractivity contribution in [3.05, 3.63) is 70.4 Å². The van der Waals surface area contributed by atoms with Gasteiger partial charge >= 0.3 is 0 Å². The standard InChI is InChI=1S/C22H23ClN4O3/c1-27(22(30)16(24)11-28)20-15-5-3-2-4-12(15)9-18(20)26-21(29)19-10-13-8-14(23)6-7-17(13)25-19/h2-8,10,16,18,20,25,28H,9,11,24H2,1H3,(H,26,29)/t16-,18+,20-/m0/s1. The van der Waals surface area contributed by atoms with Crippen molar-refractivity contribution in [1.29, 1.82) is 0 Å². The van der Waals surface area contributed by atoms with Crippen molar-refractivity contribution in [3.8, 4) is 0 Å². The van der Waals surface area contributed by atoms with Crippen molar-refractivity contribution in [2.24, 2.45) is 5.73 Å². The molecular formula is C22H23ClN4O3. The number of nitrogens with zero attached hydrogens (tertiary/aromatic N) is 1. The number of H-pyrrole nitrogens is 1. The Morgan fingerprint density at radius 3 is 2.83 bits per heavy atom. The minimum Gasteiger partial charge on any atom is -0.394 e. The lowest BCUT2D eigenvalue weighted by Gasteiger charge is -2.32. The second-order valence-electron chi connectivity index (χ2n) is 7.58. The molecule has 0 saturated heterocycles. The number of aliphatic hydroxyl groups is 1. The molecule has 7 nitrogen and oxygen atoms in total. The summed E-state index contributed by atoms with van der Waals surface area (Å²) < 4.78 is 0. The molecule has 0 spiro atoms. The Morgan fingerprint density at radius 2 is 2.07 bits per heavy atom. The number of benzene rings is 2. The molecule has 1 heterocycles. The zero-order valence-corrected chi connectivity index (χ0v) is 17.2. The molecule has 30 heavy (non-hydrogen) atoms. The molecule has 0 fully saturated rings. The van der Waals surface area contributed by atoms with E-state index < -0.39 is 12.6 Å². The van der Waals surface area contributed by atoms with Gasteiger partial charge in [-0.3, -0.25) is 9.59 Å². The van der Waals surface area contributed by atoms with E-state index in [2.05, 4.69) is 10.3 Å². The maximum absolute atomic E-state index is 13.0. The zero-order valence-electron chi connectivity index (χ0n) is 16.4. The third-order valence-corrected chi connectivity index (χ3v) is 5.85. The summed E-state index contributed by atoms with van der Waals surface area (Å²) >= 11 is 6.04. The molecule has 0 bridgehead atoms. The van der Waals surface area contributed by atoms with Crippen LogP contribution in [-0.2, 0) is 11.2 Å². The number of carbonyl (C=O) groups excluding carboxylic acids is 2. The van der Waals surface area contributed by atoms with Crippen LogP contribution in [-0.4, -0.2) is 52.5 Å². The summed E-state index contributed by atoms with van der Waals surface area (Å²) in [6.07, 6.45) is 0.588. The molecule has 4 rings (SSSR count). The highest BCUT2D eigenvalue weighted by Gasteiger charge is 2.39. The summed E-state index contributed by atoms with van der Waals surface area (Å²) in [6.45, 7) is -0.438. The number of rotatable bonds is 5. The number of hydrogen-bond acceptors (Lipinski definition) is 4. The maximum Gasteiger partial charge on any atom is 0.268 e. The molecule has 0 aliphatic heterocycles. The number of fused-ring (bicyclic) bond motifs is 2. The van der Waals surface area contributed by atoms with Crippen LogP contribution in [0.25, 0.3) is 10.9 Å². The van der Waals surface area contributed by atoms with Crippen LogP contribution in [0.2, 0.25) is 5.02 Å². The van der Waals surface area contributed by atoms with Gasteiger partial charge in [0, 0.05) is 23.0 Å². The third-order valence-electron chi connectivity index (χ3n) is 5.62. The van der Waals surface area contributed by atoms with E-state index in [-0.39, 0.29) is 23.9 Å². The van der Waals surface area contributed by atoms with Crippen molar-refractivity contribution in [2.75, 3.05) is 13.7 Å². The van der Waals surface area contributed by atoms with E-state index in [4.69, 9.17) is 17.3 Å². The average molecular weight is 427 g/mol. The second kappa shape index (κ2) is 8.10. The van der Waals surface area contributed by atoms with Gasteiger partial charge in [-0.2, -0.15) is 0 Å². The van der Waals surface area contributed by atoms with Crippen LogP contribution >= 0.6 is 11.6 Å². The third kappa shape index (κ3) is 3.67. The van der Waals surface area contributed by atoms with Gasteiger partial charge < -0.3 is 26.0 Å². The molecule has 1 aliphatic carbocycles. The zero-order chi connectivity index (χ0) is 21.4. The molecule has 3 aromatic rings. The van der Waals surface area contributed by atoms with Crippen molar-refractivity contribution >= 4 is 34.3 Å². The summed E-state index contributed by atoms with van der Waals surface area (Å²) in [7, 11) is 1.65. The number of nitrogens with two attached hydrogens (primary N) is 1. The van der Waals surface area contributed by atoms with Crippen LogP contribution in [0.5, 0.6) is 0 Å². The maximum atomic E-state index is 13.0. The highest BCUT2D eigenvalue weighted by molar-refractivity contribution is 6.31. The van der Waals surface area contributed by atoms with Crippen LogP contribution in [0.1, 0.15) is 27.7 Å². The second-order valence-corrected chi connectivity index (χ2v) is 8.02. The van der Waals surface area contributed by atoms with Crippen molar-refractivity contribution < 1.29 is 14.7 Å². The summed E-state index contributed by atoms with van der Waals surface area (Å²) in [6, 6.07) is 13.2. The number of nitrogens with one attached hydrogen (secondary N) is 2. The first kappa shape index (κ1) is 20.4. The Bertz CT molecular complexity index is 1110. The van der Waals surface area contributed by atoms with Crippen LogP contribution < -0.4 is 11.1 Å². The number of halogens is 1. The highest BCUT2D eigenvalue weighted by Crippen LogP contribution is 2.36. The number of aromatic amines is 1. The molecule has 0 saturated carbocycles. The Kier molecular flexibility index (Phi) is 5.51. The normalized spacial score (nSPS) is 18.8. The van der Waals surface area contributed by atoms with Gasteiger partial charge in [0.1, 0.15) is 11.7 Å².